The topological polar surface area (TPSA) is 82.2 Å². The number of anilines is 1. The summed E-state index contributed by atoms with van der Waals surface area (Å²) in [6, 6.07) is 15.3. The molecule has 4 rings (SSSR count). The number of carbonyl (C=O) groups is 1. The van der Waals surface area contributed by atoms with E-state index in [1.165, 1.54) is 0 Å². The fraction of sp³-hybridized carbons (Fsp3) is 0.240. The van der Waals surface area contributed by atoms with Crippen molar-refractivity contribution in [3.8, 4) is 5.75 Å². The van der Waals surface area contributed by atoms with Crippen molar-refractivity contribution in [3.05, 3.63) is 93.0 Å². The Balaban J connectivity index is 1.49. The van der Waals surface area contributed by atoms with Gasteiger partial charge >= 0.3 is 0 Å². The monoisotopic (exact) mass is 464 g/mol. The molecule has 0 spiro atoms. The number of rotatable bonds is 7. The summed E-state index contributed by atoms with van der Waals surface area (Å²) in [5.74, 6) is 1.34. The van der Waals surface area contributed by atoms with E-state index >= 15 is 0 Å². The SMILES string of the molecule is Cc1cccc(C)c1OCc1c(C(=O)Nc2cc(C)n(Cc3ccccc3Cl)n2)noc1C. The number of hydrogen-bond donors (Lipinski definition) is 1. The molecular weight excluding hydrogens is 440 g/mol. The van der Waals surface area contributed by atoms with Crippen LogP contribution in [0.5, 0.6) is 5.75 Å². The van der Waals surface area contributed by atoms with Crippen LogP contribution in [0.2, 0.25) is 5.02 Å². The highest BCUT2D eigenvalue weighted by molar-refractivity contribution is 6.31. The summed E-state index contributed by atoms with van der Waals surface area (Å²) in [7, 11) is 0. The molecule has 1 N–H and O–H groups in total. The lowest BCUT2D eigenvalue weighted by Crippen LogP contribution is -2.16. The first kappa shape index (κ1) is 22.6. The van der Waals surface area contributed by atoms with Gasteiger partial charge in [-0.05, 0) is 50.5 Å². The molecule has 4 aromatic rings. The summed E-state index contributed by atoms with van der Waals surface area (Å²) in [6.45, 7) is 8.32. The molecule has 0 atom stereocenters. The summed E-state index contributed by atoms with van der Waals surface area (Å²) in [5, 5.41) is 11.9. The highest BCUT2D eigenvalue weighted by atomic mass is 35.5. The molecule has 7 nitrogen and oxygen atoms in total. The standard InChI is InChI=1S/C25H25ClN4O3/c1-15-8-7-9-16(2)24(15)32-14-20-18(4)33-29-23(20)25(31)27-22-12-17(3)30(28-22)13-19-10-5-6-11-21(19)26/h5-12H,13-14H2,1-4H3,(H,27,28,31). The summed E-state index contributed by atoms with van der Waals surface area (Å²) < 4.78 is 13.1. The van der Waals surface area contributed by atoms with Gasteiger partial charge in [0, 0.05) is 16.8 Å². The van der Waals surface area contributed by atoms with Crippen LogP contribution in [0.3, 0.4) is 0 Å². The number of amides is 1. The molecule has 0 aliphatic carbocycles. The van der Waals surface area contributed by atoms with Gasteiger partial charge in [-0.1, -0.05) is 53.2 Å². The zero-order chi connectivity index (χ0) is 23.5. The molecular formula is C25H25ClN4O3. The van der Waals surface area contributed by atoms with Crippen molar-refractivity contribution in [1.82, 2.24) is 14.9 Å². The number of aryl methyl sites for hydroxylation is 4. The van der Waals surface area contributed by atoms with Crippen LogP contribution in [0.25, 0.3) is 0 Å². The van der Waals surface area contributed by atoms with Gasteiger partial charge in [-0.3, -0.25) is 9.48 Å². The van der Waals surface area contributed by atoms with Crippen LogP contribution < -0.4 is 10.1 Å². The van der Waals surface area contributed by atoms with Crippen molar-refractivity contribution in [2.24, 2.45) is 0 Å². The average molecular weight is 465 g/mol. The fourth-order valence-electron chi connectivity index (χ4n) is 3.61. The summed E-state index contributed by atoms with van der Waals surface area (Å²) >= 11 is 6.27. The van der Waals surface area contributed by atoms with E-state index in [2.05, 4.69) is 15.6 Å². The predicted octanol–water partition coefficient (Wildman–Crippen LogP) is 5.64. The minimum Gasteiger partial charge on any atom is -0.488 e. The molecule has 1 amide bonds. The maximum atomic E-state index is 13.0. The van der Waals surface area contributed by atoms with Gasteiger partial charge in [0.05, 0.1) is 12.1 Å². The minimum atomic E-state index is -0.408. The third-order valence-corrected chi connectivity index (χ3v) is 5.84. The number of ether oxygens (including phenoxy) is 1. The first-order valence-electron chi connectivity index (χ1n) is 10.6. The van der Waals surface area contributed by atoms with Crippen LogP contribution in [0.1, 0.15) is 44.2 Å². The normalized spacial score (nSPS) is 10.9. The van der Waals surface area contributed by atoms with E-state index in [4.69, 9.17) is 20.9 Å². The van der Waals surface area contributed by atoms with Crippen LogP contribution in [0, 0.1) is 27.7 Å². The predicted molar refractivity (Wildman–Crippen MR) is 127 cm³/mol. The number of nitrogens with zero attached hydrogens (tertiary/aromatic N) is 3. The minimum absolute atomic E-state index is 0.170. The molecule has 2 aromatic heterocycles. The Morgan fingerprint density at radius 3 is 2.55 bits per heavy atom. The van der Waals surface area contributed by atoms with Gasteiger partial charge in [0.25, 0.3) is 5.91 Å². The molecule has 2 heterocycles. The molecule has 0 bridgehead atoms. The van der Waals surface area contributed by atoms with Crippen molar-refractivity contribution in [3.63, 3.8) is 0 Å². The van der Waals surface area contributed by atoms with Gasteiger partial charge in [-0.25, -0.2) is 0 Å². The fourth-order valence-corrected chi connectivity index (χ4v) is 3.80. The van der Waals surface area contributed by atoms with Crippen LogP contribution in [0.4, 0.5) is 5.82 Å². The van der Waals surface area contributed by atoms with E-state index in [1.54, 1.807) is 17.7 Å². The van der Waals surface area contributed by atoms with Gasteiger partial charge in [-0.2, -0.15) is 5.10 Å². The third-order valence-electron chi connectivity index (χ3n) is 5.47. The molecule has 0 saturated carbocycles. The van der Waals surface area contributed by atoms with E-state index < -0.39 is 5.91 Å². The Hall–Kier alpha value is -3.58. The quantitative estimate of drug-likeness (QED) is 0.383. The molecule has 170 valence electrons. The Labute approximate surface area is 197 Å². The van der Waals surface area contributed by atoms with Gasteiger partial charge in [0.1, 0.15) is 18.1 Å². The maximum Gasteiger partial charge on any atom is 0.279 e. The molecule has 0 fully saturated rings. The van der Waals surface area contributed by atoms with Crippen molar-refractivity contribution >= 4 is 23.3 Å². The Kier molecular flexibility index (Phi) is 6.51. The molecule has 33 heavy (non-hydrogen) atoms. The highest BCUT2D eigenvalue weighted by Crippen LogP contribution is 2.25. The lowest BCUT2D eigenvalue weighted by Gasteiger charge is -2.12. The maximum absolute atomic E-state index is 13.0. The third kappa shape index (κ3) is 4.93. The van der Waals surface area contributed by atoms with Gasteiger partial charge in [0.2, 0.25) is 0 Å². The lowest BCUT2D eigenvalue weighted by atomic mass is 10.1. The largest absolute Gasteiger partial charge is 0.488 e. The van der Waals surface area contributed by atoms with E-state index in [0.717, 1.165) is 28.1 Å². The molecule has 8 heteroatoms. The van der Waals surface area contributed by atoms with E-state index in [-0.39, 0.29) is 12.3 Å². The molecule has 0 unspecified atom stereocenters. The molecule has 0 radical (unpaired) electrons. The lowest BCUT2D eigenvalue weighted by molar-refractivity contribution is 0.101. The van der Waals surface area contributed by atoms with E-state index in [1.807, 2.05) is 63.2 Å². The Morgan fingerprint density at radius 1 is 1.09 bits per heavy atom. The summed E-state index contributed by atoms with van der Waals surface area (Å²) in [4.78, 5) is 13.0. The molecule has 0 aliphatic rings. The summed E-state index contributed by atoms with van der Waals surface area (Å²) in [5.41, 5.74) is 4.66. The number of aromatic nitrogens is 3. The highest BCUT2D eigenvalue weighted by Gasteiger charge is 2.22. The summed E-state index contributed by atoms with van der Waals surface area (Å²) in [6.07, 6.45) is 0. The van der Waals surface area contributed by atoms with Crippen LogP contribution in [0.15, 0.2) is 53.1 Å². The number of benzene rings is 2. The van der Waals surface area contributed by atoms with Gasteiger partial charge in [-0.15, -0.1) is 0 Å². The van der Waals surface area contributed by atoms with E-state index in [0.29, 0.717) is 28.7 Å². The first-order valence-corrected chi connectivity index (χ1v) is 10.9. The van der Waals surface area contributed by atoms with Crippen molar-refractivity contribution < 1.29 is 14.1 Å². The second-order valence-corrected chi connectivity index (χ2v) is 8.36. The number of nitrogens with one attached hydrogen (secondary N) is 1. The Morgan fingerprint density at radius 2 is 1.82 bits per heavy atom. The molecule has 0 saturated heterocycles. The van der Waals surface area contributed by atoms with Gasteiger partial charge in [0.15, 0.2) is 11.5 Å². The zero-order valence-electron chi connectivity index (χ0n) is 19.0. The van der Waals surface area contributed by atoms with Crippen molar-refractivity contribution in [1.29, 1.82) is 0 Å². The number of hydrogen-bond acceptors (Lipinski definition) is 5. The van der Waals surface area contributed by atoms with Crippen LogP contribution in [-0.4, -0.2) is 20.8 Å². The van der Waals surface area contributed by atoms with Crippen molar-refractivity contribution in [2.75, 3.05) is 5.32 Å². The zero-order valence-corrected chi connectivity index (χ0v) is 19.7. The van der Waals surface area contributed by atoms with Crippen LogP contribution >= 0.6 is 11.6 Å². The number of carbonyl (C=O) groups excluding carboxylic acids is 1. The smallest absolute Gasteiger partial charge is 0.279 e. The Bertz CT molecular complexity index is 1290. The average Bonchev–Trinajstić information content (AvgIpc) is 3.31. The number of para-hydroxylation sites is 1. The first-order chi connectivity index (χ1) is 15.8. The molecule has 2 aromatic carbocycles. The second kappa shape index (κ2) is 9.50. The number of halogens is 1. The van der Waals surface area contributed by atoms with Gasteiger partial charge < -0.3 is 14.6 Å². The second-order valence-electron chi connectivity index (χ2n) is 7.95. The van der Waals surface area contributed by atoms with Crippen LogP contribution in [-0.2, 0) is 13.2 Å². The van der Waals surface area contributed by atoms with Crippen molar-refractivity contribution in [2.45, 2.75) is 40.8 Å². The molecule has 0 aliphatic heterocycles. The van der Waals surface area contributed by atoms with E-state index in [9.17, 15) is 4.79 Å².